The van der Waals surface area contributed by atoms with E-state index < -0.39 is 17.7 Å². The molecule has 0 heterocycles. The molecule has 5 N–H and O–H groups in total. The first-order valence-corrected chi connectivity index (χ1v) is 8.74. The topological polar surface area (TPSA) is 135 Å². The van der Waals surface area contributed by atoms with Crippen LogP contribution in [0.2, 0.25) is 0 Å². The first-order valence-electron chi connectivity index (χ1n) is 8.74. The third-order valence-corrected chi connectivity index (χ3v) is 3.92. The molecule has 0 radical (unpaired) electrons. The number of carbonyl (C=O) groups is 3. The summed E-state index contributed by atoms with van der Waals surface area (Å²) in [4.78, 5) is 39.5. The zero-order valence-electron chi connectivity index (χ0n) is 16.2. The molecule has 0 atom stereocenters. The Balaban J connectivity index is 1.77. The summed E-state index contributed by atoms with van der Waals surface area (Å²) in [6.45, 7) is -0.0483. The van der Waals surface area contributed by atoms with Gasteiger partial charge in [-0.15, -0.1) is 0 Å². The van der Waals surface area contributed by atoms with Crippen LogP contribution in [0.5, 0.6) is 5.75 Å². The van der Waals surface area contributed by atoms with E-state index >= 15 is 0 Å². The molecule has 0 spiro atoms. The molecular formula is C20H23N5O4. The van der Waals surface area contributed by atoms with Crippen LogP contribution in [-0.4, -0.2) is 44.3 Å². The van der Waals surface area contributed by atoms with E-state index in [9.17, 15) is 14.4 Å². The lowest BCUT2D eigenvalue weighted by Gasteiger charge is -2.09. The van der Waals surface area contributed by atoms with E-state index in [-0.39, 0.29) is 13.1 Å². The number of carbonyl (C=O) groups excluding carboxylic acids is 3. The Morgan fingerprint density at radius 3 is 2.41 bits per heavy atom. The lowest BCUT2D eigenvalue weighted by Crippen LogP contribution is -2.41. The molecule has 0 saturated heterocycles. The molecule has 2 aromatic rings. The fraction of sp³-hybridized carbons (Fsp3) is 0.200. The minimum atomic E-state index is -0.916. The summed E-state index contributed by atoms with van der Waals surface area (Å²) in [5.41, 5.74) is 7.65. The van der Waals surface area contributed by atoms with Crippen LogP contribution in [0.4, 0.5) is 5.69 Å². The van der Waals surface area contributed by atoms with Gasteiger partial charge < -0.3 is 26.4 Å². The molecule has 0 aliphatic heterocycles. The average molecular weight is 397 g/mol. The third kappa shape index (κ3) is 6.65. The molecule has 0 bridgehead atoms. The Kier molecular flexibility index (Phi) is 7.72. The zero-order chi connectivity index (χ0) is 21.2. The molecule has 0 unspecified atom stereocenters. The van der Waals surface area contributed by atoms with Gasteiger partial charge in [-0.3, -0.25) is 19.4 Å². The minimum Gasteiger partial charge on any atom is -0.497 e. The van der Waals surface area contributed by atoms with Crippen LogP contribution in [-0.2, 0) is 20.9 Å². The quantitative estimate of drug-likeness (QED) is 0.305. The van der Waals surface area contributed by atoms with E-state index in [4.69, 9.17) is 10.5 Å². The van der Waals surface area contributed by atoms with Crippen LogP contribution < -0.4 is 26.4 Å². The van der Waals surface area contributed by atoms with Gasteiger partial charge in [0.05, 0.1) is 13.7 Å². The van der Waals surface area contributed by atoms with Gasteiger partial charge in [0.1, 0.15) is 11.6 Å². The zero-order valence-corrected chi connectivity index (χ0v) is 16.2. The number of nitrogens with zero attached hydrogens (tertiary/aromatic N) is 1. The molecule has 0 aliphatic rings. The highest BCUT2D eigenvalue weighted by Gasteiger charge is 2.15. The number of nitrogens with one attached hydrogen (secondary N) is 3. The predicted molar refractivity (Wildman–Crippen MR) is 110 cm³/mol. The SMILES string of the molecule is CN=C(N)c1ccc(NC(=O)C(=O)NCC(=O)NCc2cccc(OC)c2)cc1. The Morgan fingerprint density at radius 2 is 1.76 bits per heavy atom. The lowest BCUT2D eigenvalue weighted by molar-refractivity contribution is -0.136. The second kappa shape index (κ2) is 10.5. The number of hydrogen-bond acceptors (Lipinski definition) is 5. The highest BCUT2D eigenvalue weighted by atomic mass is 16.5. The van der Waals surface area contributed by atoms with Crippen LogP contribution >= 0.6 is 0 Å². The molecule has 2 aromatic carbocycles. The first-order chi connectivity index (χ1) is 13.9. The summed E-state index contributed by atoms with van der Waals surface area (Å²) < 4.78 is 5.11. The second-order valence-electron chi connectivity index (χ2n) is 5.95. The van der Waals surface area contributed by atoms with Crippen molar-refractivity contribution in [2.75, 3.05) is 26.0 Å². The molecule has 29 heavy (non-hydrogen) atoms. The molecule has 0 aliphatic carbocycles. The van der Waals surface area contributed by atoms with Crippen LogP contribution in [0.25, 0.3) is 0 Å². The maximum Gasteiger partial charge on any atom is 0.313 e. The number of amides is 3. The molecule has 2 rings (SSSR count). The van der Waals surface area contributed by atoms with E-state index in [1.54, 1.807) is 50.6 Å². The summed E-state index contributed by atoms with van der Waals surface area (Å²) in [6.07, 6.45) is 0. The Labute approximate surface area is 168 Å². The fourth-order valence-corrected chi connectivity index (χ4v) is 2.33. The largest absolute Gasteiger partial charge is 0.497 e. The number of rotatable bonds is 7. The van der Waals surface area contributed by atoms with Gasteiger partial charge in [-0.1, -0.05) is 12.1 Å². The predicted octanol–water partition coefficient (Wildman–Crippen LogP) is 0.401. The highest BCUT2D eigenvalue weighted by Crippen LogP contribution is 2.12. The number of amidine groups is 1. The molecule has 9 nitrogen and oxygen atoms in total. The van der Waals surface area contributed by atoms with Crippen molar-refractivity contribution in [1.82, 2.24) is 10.6 Å². The molecule has 0 saturated carbocycles. The summed E-state index contributed by atoms with van der Waals surface area (Å²) in [6, 6.07) is 13.8. The fourth-order valence-electron chi connectivity index (χ4n) is 2.33. The Hall–Kier alpha value is -3.88. The van der Waals surface area contributed by atoms with Crippen molar-refractivity contribution >= 4 is 29.2 Å². The van der Waals surface area contributed by atoms with E-state index in [0.717, 1.165) is 5.56 Å². The van der Waals surface area contributed by atoms with Gasteiger partial charge in [-0.2, -0.15) is 0 Å². The number of anilines is 1. The molecular weight excluding hydrogens is 374 g/mol. The van der Waals surface area contributed by atoms with Crippen molar-refractivity contribution < 1.29 is 19.1 Å². The van der Waals surface area contributed by atoms with Gasteiger partial charge in [0, 0.05) is 24.8 Å². The van der Waals surface area contributed by atoms with Crippen LogP contribution in [0, 0.1) is 0 Å². The van der Waals surface area contributed by atoms with Gasteiger partial charge in [-0.05, 0) is 42.0 Å². The van der Waals surface area contributed by atoms with Crippen LogP contribution in [0.1, 0.15) is 11.1 Å². The number of aliphatic imine (C=N–C) groups is 1. The summed E-state index contributed by atoms with van der Waals surface area (Å²) >= 11 is 0. The second-order valence-corrected chi connectivity index (χ2v) is 5.95. The molecule has 0 fully saturated rings. The van der Waals surface area contributed by atoms with E-state index in [0.29, 0.717) is 22.8 Å². The number of hydrogen-bond donors (Lipinski definition) is 4. The van der Waals surface area contributed by atoms with E-state index in [1.165, 1.54) is 0 Å². The van der Waals surface area contributed by atoms with E-state index in [1.807, 2.05) is 12.1 Å². The Bertz CT molecular complexity index is 909. The van der Waals surface area contributed by atoms with Crippen molar-refractivity contribution in [2.45, 2.75) is 6.54 Å². The smallest absolute Gasteiger partial charge is 0.313 e. The van der Waals surface area contributed by atoms with Gasteiger partial charge >= 0.3 is 11.8 Å². The normalized spacial score (nSPS) is 10.8. The monoisotopic (exact) mass is 397 g/mol. The molecule has 0 aromatic heterocycles. The van der Waals surface area contributed by atoms with Crippen molar-refractivity contribution in [3.05, 3.63) is 59.7 Å². The minimum absolute atomic E-state index is 0.272. The lowest BCUT2D eigenvalue weighted by atomic mass is 10.2. The number of nitrogens with two attached hydrogens (primary N) is 1. The van der Waals surface area contributed by atoms with Crippen LogP contribution in [0.3, 0.4) is 0 Å². The van der Waals surface area contributed by atoms with Crippen molar-refractivity contribution in [3.63, 3.8) is 0 Å². The molecule has 152 valence electrons. The number of benzene rings is 2. The average Bonchev–Trinajstić information content (AvgIpc) is 2.76. The van der Waals surface area contributed by atoms with Crippen molar-refractivity contribution in [1.29, 1.82) is 0 Å². The maximum atomic E-state index is 11.9. The number of methoxy groups -OCH3 is 1. The van der Waals surface area contributed by atoms with Crippen molar-refractivity contribution in [2.24, 2.45) is 10.7 Å². The standard InChI is InChI=1S/C20H23N5O4/c1-22-18(21)14-6-8-15(9-7-14)25-20(28)19(27)24-12-17(26)23-11-13-4-3-5-16(10-13)29-2/h3-10H,11-12H2,1-2H3,(H2,21,22)(H,23,26)(H,24,27)(H,25,28). The van der Waals surface area contributed by atoms with Crippen molar-refractivity contribution in [3.8, 4) is 5.75 Å². The third-order valence-electron chi connectivity index (χ3n) is 3.92. The van der Waals surface area contributed by atoms with Gasteiger partial charge in [-0.25, -0.2) is 0 Å². The maximum absolute atomic E-state index is 11.9. The summed E-state index contributed by atoms with van der Waals surface area (Å²) in [7, 11) is 3.13. The number of ether oxygens (including phenoxy) is 1. The van der Waals surface area contributed by atoms with Gasteiger partial charge in [0.25, 0.3) is 0 Å². The Morgan fingerprint density at radius 1 is 1.03 bits per heavy atom. The molecule has 3 amide bonds. The first kappa shape index (κ1) is 21.4. The van der Waals surface area contributed by atoms with E-state index in [2.05, 4.69) is 20.9 Å². The summed E-state index contributed by atoms with van der Waals surface area (Å²) in [5, 5.41) is 7.37. The highest BCUT2D eigenvalue weighted by molar-refractivity contribution is 6.39. The molecule has 9 heteroatoms. The summed E-state index contributed by atoms with van der Waals surface area (Å²) in [5.74, 6) is -1.18. The van der Waals surface area contributed by atoms with Gasteiger partial charge in [0.2, 0.25) is 5.91 Å². The van der Waals surface area contributed by atoms with Crippen LogP contribution in [0.15, 0.2) is 53.5 Å². The van der Waals surface area contributed by atoms with Gasteiger partial charge in [0.15, 0.2) is 0 Å².